The highest BCUT2D eigenvalue weighted by molar-refractivity contribution is 4.81. The number of hydrogen-bond donors (Lipinski definition) is 0. The molecule has 0 aromatic heterocycles. The summed E-state index contributed by atoms with van der Waals surface area (Å²) < 4.78 is 0. The molecule has 2 atom stereocenters. The minimum Gasteiger partial charge on any atom is -0.0654 e. The zero-order valence-electron chi connectivity index (χ0n) is 17.0. The van der Waals surface area contributed by atoms with Gasteiger partial charge in [0.05, 0.1) is 0 Å². The van der Waals surface area contributed by atoms with E-state index in [1.54, 1.807) is 0 Å². The summed E-state index contributed by atoms with van der Waals surface area (Å²) in [5.74, 6) is 1.73. The molecule has 0 aromatic rings. The molecule has 0 fully saturated rings. The van der Waals surface area contributed by atoms with Gasteiger partial charge in [-0.15, -0.1) is 0 Å². The molecule has 0 heteroatoms. The first kappa shape index (κ1) is 23.0. The SMILES string of the molecule is CCCCCCCCC([CH]C(C)CCCCCCC)CCCC. The second-order valence-corrected chi connectivity index (χ2v) is 7.83. The Balaban J connectivity index is 3.79. The van der Waals surface area contributed by atoms with Crippen molar-refractivity contribution in [2.75, 3.05) is 0 Å². The Kier molecular flexibility index (Phi) is 18.3. The molecule has 0 heterocycles. The van der Waals surface area contributed by atoms with Crippen molar-refractivity contribution in [1.29, 1.82) is 0 Å². The lowest BCUT2D eigenvalue weighted by Gasteiger charge is -2.21. The van der Waals surface area contributed by atoms with Crippen LogP contribution in [0.5, 0.6) is 0 Å². The van der Waals surface area contributed by atoms with Crippen LogP contribution in [-0.4, -0.2) is 0 Å². The third kappa shape index (κ3) is 16.6. The molecular formula is C23H47. The van der Waals surface area contributed by atoms with E-state index in [1.165, 1.54) is 103 Å². The summed E-state index contributed by atoms with van der Waals surface area (Å²) in [4.78, 5) is 0. The van der Waals surface area contributed by atoms with Crippen molar-refractivity contribution in [3.8, 4) is 0 Å². The van der Waals surface area contributed by atoms with Crippen LogP contribution in [0.2, 0.25) is 0 Å². The van der Waals surface area contributed by atoms with Crippen LogP contribution in [-0.2, 0) is 0 Å². The Labute approximate surface area is 149 Å². The van der Waals surface area contributed by atoms with E-state index in [0.29, 0.717) is 0 Å². The fourth-order valence-corrected chi connectivity index (χ4v) is 3.62. The smallest absolute Gasteiger partial charge is 0.0326 e. The second-order valence-electron chi connectivity index (χ2n) is 7.83. The van der Waals surface area contributed by atoms with Gasteiger partial charge >= 0.3 is 0 Å². The Morgan fingerprint density at radius 2 is 0.957 bits per heavy atom. The number of unbranched alkanes of at least 4 members (excludes halogenated alkanes) is 10. The van der Waals surface area contributed by atoms with Crippen LogP contribution >= 0.6 is 0 Å². The number of hydrogen-bond acceptors (Lipinski definition) is 0. The summed E-state index contributed by atoms with van der Waals surface area (Å²) in [6.07, 6.45) is 25.5. The molecule has 0 rings (SSSR count). The molecule has 2 unspecified atom stereocenters. The molecule has 0 saturated heterocycles. The maximum atomic E-state index is 2.72. The van der Waals surface area contributed by atoms with Gasteiger partial charge < -0.3 is 0 Å². The van der Waals surface area contributed by atoms with Gasteiger partial charge in [0.1, 0.15) is 0 Å². The van der Waals surface area contributed by atoms with Crippen molar-refractivity contribution >= 4 is 0 Å². The molecule has 1 radical (unpaired) electrons. The lowest BCUT2D eigenvalue weighted by atomic mass is 9.85. The predicted molar refractivity (Wildman–Crippen MR) is 108 cm³/mol. The van der Waals surface area contributed by atoms with E-state index in [-0.39, 0.29) is 0 Å². The van der Waals surface area contributed by atoms with Gasteiger partial charge in [0.15, 0.2) is 0 Å². The van der Waals surface area contributed by atoms with Crippen molar-refractivity contribution in [3.05, 3.63) is 6.42 Å². The zero-order chi connectivity index (χ0) is 17.2. The monoisotopic (exact) mass is 323 g/mol. The van der Waals surface area contributed by atoms with Gasteiger partial charge in [-0.25, -0.2) is 0 Å². The van der Waals surface area contributed by atoms with Gasteiger partial charge in [-0.2, -0.15) is 0 Å². The highest BCUT2D eigenvalue weighted by atomic mass is 14.2. The Hall–Kier alpha value is 0. The zero-order valence-corrected chi connectivity index (χ0v) is 17.0. The van der Waals surface area contributed by atoms with E-state index in [0.717, 1.165) is 11.8 Å². The van der Waals surface area contributed by atoms with Crippen molar-refractivity contribution in [2.24, 2.45) is 11.8 Å². The summed E-state index contributed by atoms with van der Waals surface area (Å²) in [6, 6.07) is 0. The average Bonchev–Trinajstić information content (AvgIpc) is 2.55. The van der Waals surface area contributed by atoms with Crippen molar-refractivity contribution in [1.82, 2.24) is 0 Å². The van der Waals surface area contributed by atoms with Gasteiger partial charge in [-0.05, 0) is 18.3 Å². The van der Waals surface area contributed by atoms with E-state index in [2.05, 4.69) is 34.1 Å². The van der Waals surface area contributed by atoms with Crippen LogP contribution in [0, 0.1) is 18.3 Å². The molecule has 0 amide bonds. The standard InChI is InChI=1S/C23H47/c1-5-8-11-13-15-17-20-23(19-10-7-3)21-22(4)18-16-14-12-9-6-2/h21-23H,5-20H2,1-4H3. The quantitative estimate of drug-likeness (QED) is 0.221. The van der Waals surface area contributed by atoms with E-state index < -0.39 is 0 Å². The number of rotatable bonds is 18. The van der Waals surface area contributed by atoms with E-state index >= 15 is 0 Å². The molecule has 0 nitrogen and oxygen atoms in total. The minimum absolute atomic E-state index is 0.832. The molecule has 0 aliphatic rings. The van der Waals surface area contributed by atoms with Crippen LogP contribution in [0.4, 0.5) is 0 Å². The largest absolute Gasteiger partial charge is 0.0654 e. The van der Waals surface area contributed by atoms with Crippen LogP contribution in [0.25, 0.3) is 0 Å². The van der Waals surface area contributed by atoms with Gasteiger partial charge in [0.25, 0.3) is 0 Å². The van der Waals surface area contributed by atoms with Gasteiger partial charge in [0.2, 0.25) is 0 Å². The van der Waals surface area contributed by atoms with E-state index in [1.807, 2.05) is 0 Å². The minimum atomic E-state index is 0.832. The van der Waals surface area contributed by atoms with E-state index in [9.17, 15) is 0 Å². The normalized spacial score (nSPS) is 14.1. The highest BCUT2D eigenvalue weighted by Gasteiger charge is 2.13. The summed E-state index contributed by atoms with van der Waals surface area (Å²) in [7, 11) is 0. The highest BCUT2D eigenvalue weighted by Crippen LogP contribution is 2.26. The lowest BCUT2D eigenvalue weighted by Crippen LogP contribution is -2.08. The molecule has 139 valence electrons. The van der Waals surface area contributed by atoms with Crippen molar-refractivity contribution < 1.29 is 0 Å². The van der Waals surface area contributed by atoms with Gasteiger partial charge in [-0.3, -0.25) is 0 Å². The molecule has 0 aromatic carbocycles. The van der Waals surface area contributed by atoms with Crippen LogP contribution in [0.1, 0.15) is 130 Å². The third-order valence-corrected chi connectivity index (χ3v) is 5.22. The molecular weight excluding hydrogens is 276 g/mol. The summed E-state index contributed by atoms with van der Waals surface area (Å²) in [5.41, 5.74) is 0. The molecule has 0 aliphatic heterocycles. The topological polar surface area (TPSA) is 0 Å². The fraction of sp³-hybridized carbons (Fsp3) is 0.957. The average molecular weight is 324 g/mol. The van der Waals surface area contributed by atoms with Crippen LogP contribution < -0.4 is 0 Å². The van der Waals surface area contributed by atoms with Crippen LogP contribution in [0.3, 0.4) is 0 Å². The first-order chi connectivity index (χ1) is 11.2. The first-order valence-corrected chi connectivity index (χ1v) is 11.1. The molecule has 0 spiro atoms. The Bertz CT molecular complexity index is 208. The Morgan fingerprint density at radius 3 is 1.52 bits per heavy atom. The van der Waals surface area contributed by atoms with E-state index in [4.69, 9.17) is 0 Å². The van der Waals surface area contributed by atoms with Crippen LogP contribution in [0.15, 0.2) is 0 Å². The first-order valence-electron chi connectivity index (χ1n) is 11.1. The predicted octanol–water partition coefficient (Wildman–Crippen LogP) is 8.74. The Morgan fingerprint density at radius 1 is 0.522 bits per heavy atom. The maximum absolute atomic E-state index is 2.72. The molecule has 0 aliphatic carbocycles. The maximum Gasteiger partial charge on any atom is -0.0326 e. The molecule has 0 N–H and O–H groups in total. The second kappa shape index (κ2) is 18.3. The van der Waals surface area contributed by atoms with Gasteiger partial charge in [-0.1, -0.05) is 130 Å². The van der Waals surface area contributed by atoms with Crippen molar-refractivity contribution in [2.45, 2.75) is 130 Å². The summed E-state index contributed by atoms with van der Waals surface area (Å²) in [6.45, 7) is 9.40. The van der Waals surface area contributed by atoms with Gasteiger partial charge in [0, 0.05) is 0 Å². The summed E-state index contributed by atoms with van der Waals surface area (Å²) >= 11 is 0. The fourth-order valence-electron chi connectivity index (χ4n) is 3.62. The molecule has 0 bridgehead atoms. The van der Waals surface area contributed by atoms with Crippen molar-refractivity contribution in [3.63, 3.8) is 0 Å². The molecule has 23 heavy (non-hydrogen) atoms. The molecule has 0 saturated carbocycles. The third-order valence-electron chi connectivity index (χ3n) is 5.22. The summed E-state index contributed by atoms with van der Waals surface area (Å²) in [5, 5.41) is 0. The lowest BCUT2D eigenvalue weighted by molar-refractivity contribution is 0.402.